The van der Waals surface area contributed by atoms with Crippen LogP contribution < -0.4 is 10.5 Å². The van der Waals surface area contributed by atoms with Crippen molar-refractivity contribution in [3.8, 4) is 17.3 Å². The summed E-state index contributed by atoms with van der Waals surface area (Å²) in [4.78, 5) is 7.97. The van der Waals surface area contributed by atoms with Crippen LogP contribution in [0.1, 0.15) is 25.1 Å². The van der Waals surface area contributed by atoms with Gasteiger partial charge in [0.2, 0.25) is 5.88 Å². The van der Waals surface area contributed by atoms with Gasteiger partial charge in [0.1, 0.15) is 0 Å². The molecule has 0 bridgehead atoms. The highest BCUT2D eigenvalue weighted by molar-refractivity contribution is 5.51. The standard InChI is InChI=1S/C14H14F4N4O2/c15-11(16)14(17,18)7-23-9-3-2-8(6-20-9)10-21-12(22-24-10)13(19)4-1-5-13/h2-3,6,11H,1,4-5,7,19H2. The Bertz CT molecular complexity index is 701. The highest BCUT2D eigenvalue weighted by Crippen LogP contribution is 2.37. The number of alkyl halides is 4. The van der Waals surface area contributed by atoms with Crippen LogP contribution in [0, 0.1) is 0 Å². The monoisotopic (exact) mass is 346 g/mol. The third-order valence-corrected chi connectivity index (χ3v) is 3.83. The van der Waals surface area contributed by atoms with E-state index in [-0.39, 0.29) is 11.8 Å². The molecule has 0 saturated heterocycles. The maximum absolute atomic E-state index is 12.8. The summed E-state index contributed by atoms with van der Waals surface area (Å²) in [5, 5.41) is 3.84. The van der Waals surface area contributed by atoms with Crippen LogP contribution in [-0.4, -0.2) is 34.1 Å². The lowest BCUT2D eigenvalue weighted by atomic mass is 9.77. The molecule has 2 aromatic heterocycles. The quantitative estimate of drug-likeness (QED) is 0.810. The molecule has 0 radical (unpaired) electrons. The summed E-state index contributed by atoms with van der Waals surface area (Å²) in [6, 6.07) is 2.70. The lowest BCUT2D eigenvalue weighted by Gasteiger charge is -2.34. The molecule has 6 nitrogen and oxygen atoms in total. The number of rotatable bonds is 6. The summed E-state index contributed by atoms with van der Waals surface area (Å²) in [6.45, 7) is -1.46. The number of nitrogens with two attached hydrogens (primary N) is 1. The first-order valence-electron chi connectivity index (χ1n) is 7.18. The van der Waals surface area contributed by atoms with Crippen LogP contribution in [0.5, 0.6) is 5.88 Å². The molecular formula is C14H14F4N4O2. The Balaban J connectivity index is 1.66. The van der Waals surface area contributed by atoms with Crippen LogP contribution in [0.15, 0.2) is 22.9 Å². The number of halogens is 4. The van der Waals surface area contributed by atoms with Crippen molar-refractivity contribution in [1.29, 1.82) is 0 Å². The molecule has 0 aromatic carbocycles. The van der Waals surface area contributed by atoms with Crippen molar-refractivity contribution < 1.29 is 26.8 Å². The van der Waals surface area contributed by atoms with E-state index in [1.807, 2.05) is 0 Å². The van der Waals surface area contributed by atoms with Gasteiger partial charge in [-0.15, -0.1) is 0 Å². The number of nitrogens with zero attached hydrogens (tertiary/aromatic N) is 3. The molecule has 0 spiro atoms. The fraction of sp³-hybridized carbons (Fsp3) is 0.500. The van der Waals surface area contributed by atoms with Gasteiger partial charge in [-0.2, -0.15) is 13.8 Å². The molecule has 2 heterocycles. The van der Waals surface area contributed by atoms with E-state index in [1.165, 1.54) is 18.3 Å². The minimum Gasteiger partial charge on any atom is -0.471 e. The molecule has 24 heavy (non-hydrogen) atoms. The van der Waals surface area contributed by atoms with Gasteiger partial charge < -0.3 is 15.0 Å². The van der Waals surface area contributed by atoms with Crippen molar-refractivity contribution >= 4 is 0 Å². The zero-order valence-corrected chi connectivity index (χ0v) is 12.4. The van der Waals surface area contributed by atoms with Gasteiger partial charge in [-0.05, 0) is 25.3 Å². The molecule has 0 unspecified atom stereocenters. The molecule has 1 aliphatic rings. The van der Waals surface area contributed by atoms with Crippen LogP contribution in [0.2, 0.25) is 0 Å². The Kier molecular flexibility index (Phi) is 4.16. The van der Waals surface area contributed by atoms with Gasteiger partial charge >= 0.3 is 12.3 Å². The van der Waals surface area contributed by atoms with Gasteiger partial charge in [-0.1, -0.05) is 5.16 Å². The minimum atomic E-state index is -4.24. The molecule has 0 amide bonds. The maximum atomic E-state index is 12.8. The molecule has 1 saturated carbocycles. The molecule has 130 valence electrons. The van der Waals surface area contributed by atoms with Crippen LogP contribution in [0.3, 0.4) is 0 Å². The van der Waals surface area contributed by atoms with Gasteiger partial charge in [0.05, 0.1) is 11.1 Å². The smallest absolute Gasteiger partial charge is 0.340 e. The second-order valence-corrected chi connectivity index (χ2v) is 5.67. The van der Waals surface area contributed by atoms with E-state index in [2.05, 4.69) is 19.9 Å². The number of ether oxygens (including phenoxy) is 1. The molecule has 0 aliphatic heterocycles. The minimum absolute atomic E-state index is 0.179. The van der Waals surface area contributed by atoms with Crippen molar-refractivity contribution in [2.45, 2.75) is 37.1 Å². The molecule has 1 fully saturated rings. The highest BCUT2D eigenvalue weighted by atomic mass is 19.3. The fourth-order valence-electron chi connectivity index (χ4n) is 2.15. The highest BCUT2D eigenvalue weighted by Gasteiger charge is 2.42. The van der Waals surface area contributed by atoms with Crippen LogP contribution in [0.25, 0.3) is 11.5 Å². The zero-order chi connectivity index (χ0) is 17.4. The van der Waals surface area contributed by atoms with Gasteiger partial charge in [0, 0.05) is 12.3 Å². The Morgan fingerprint density at radius 1 is 1.33 bits per heavy atom. The average Bonchev–Trinajstić information content (AvgIpc) is 3.01. The second-order valence-electron chi connectivity index (χ2n) is 5.67. The zero-order valence-electron chi connectivity index (χ0n) is 12.4. The lowest BCUT2D eigenvalue weighted by molar-refractivity contribution is -0.148. The van der Waals surface area contributed by atoms with Gasteiger partial charge in [0.25, 0.3) is 5.89 Å². The first-order chi connectivity index (χ1) is 11.3. The molecule has 3 rings (SSSR count). The van der Waals surface area contributed by atoms with Gasteiger partial charge in [0.15, 0.2) is 12.4 Å². The van der Waals surface area contributed by atoms with E-state index in [0.717, 1.165) is 19.3 Å². The molecule has 10 heteroatoms. The molecule has 2 N–H and O–H groups in total. The Morgan fingerprint density at radius 2 is 2.08 bits per heavy atom. The van der Waals surface area contributed by atoms with E-state index in [4.69, 9.17) is 10.3 Å². The summed E-state index contributed by atoms with van der Waals surface area (Å²) in [5.74, 6) is -3.87. The van der Waals surface area contributed by atoms with Crippen molar-refractivity contribution in [2.24, 2.45) is 5.73 Å². The molecule has 0 atom stereocenters. The number of hydrogen-bond acceptors (Lipinski definition) is 6. The molecule has 2 aromatic rings. The van der Waals surface area contributed by atoms with E-state index in [0.29, 0.717) is 11.4 Å². The summed E-state index contributed by atoms with van der Waals surface area (Å²) in [5.41, 5.74) is 5.96. The number of aromatic nitrogens is 3. The summed E-state index contributed by atoms with van der Waals surface area (Å²) >= 11 is 0. The summed E-state index contributed by atoms with van der Waals surface area (Å²) in [7, 11) is 0. The van der Waals surface area contributed by atoms with E-state index < -0.39 is 24.5 Å². The van der Waals surface area contributed by atoms with Crippen LogP contribution in [0.4, 0.5) is 17.6 Å². The lowest BCUT2D eigenvalue weighted by Crippen LogP contribution is -2.44. The second kappa shape index (κ2) is 6.00. The molecule has 1 aliphatic carbocycles. The largest absolute Gasteiger partial charge is 0.471 e. The fourth-order valence-corrected chi connectivity index (χ4v) is 2.15. The first-order valence-corrected chi connectivity index (χ1v) is 7.18. The van der Waals surface area contributed by atoms with Gasteiger partial charge in [-0.3, -0.25) is 0 Å². The Hall–Kier alpha value is -2.23. The summed E-state index contributed by atoms with van der Waals surface area (Å²) in [6.07, 6.45) is 0.00243. The van der Waals surface area contributed by atoms with Crippen LogP contribution >= 0.6 is 0 Å². The predicted octanol–water partition coefficient (Wildman–Crippen LogP) is 2.75. The number of hydrogen-bond donors (Lipinski definition) is 1. The van der Waals surface area contributed by atoms with Crippen molar-refractivity contribution in [3.05, 3.63) is 24.2 Å². The van der Waals surface area contributed by atoms with Gasteiger partial charge in [-0.25, -0.2) is 13.8 Å². The van der Waals surface area contributed by atoms with Crippen molar-refractivity contribution in [3.63, 3.8) is 0 Å². The van der Waals surface area contributed by atoms with Crippen molar-refractivity contribution in [1.82, 2.24) is 15.1 Å². The molecular weight excluding hydrogens is 332 g/mol. The Labute approximate surface area is 134 Å². The third kappa shape index (κ3) is 3.18. The predicted molar refractivity (Wildman–Crippen MR) is 73.7 cm³/mol. The maximum Gasteiger partial charge on any atom is 0.340 e. The average molecular weight is 346 g/mol. The van der Waals surface area contributed by atoms with E-state index in [1.54, 1.807) is 0 Å². The van der Waals surface area contributed by atoms with Crippen LogP contribution in [-0.2, 0) is 5.54 Å². The normalized spacial score (nSPS) is 16.9. The SMILES string of the molecule is NC1(c2noc(-c3ccc(OCC(F)(F)C(F)F)nc3)n2)CCC1. The van der Waals surface area contributed by atoms with Crippen molar-refractivity contribution in [2.75, 3.05) is 6.61 Å². The first kappa shape index (κ1) is 16.6. The third-order valence-electron chi connectivity index (χ3n) is 3.83. The number of pyridine rings is 1. The van der Waals surface area contributed by atoms with E-state index >= 15 is 0 Å². The topological polar surface area (TPSA) is 87.1 Å². The summed E-state index contributed by atoms with van der Waals surface area (Å²) < 4.78 is 59.4. The Morgan fingerprint density at radius 3 is 2.62 bits per heavy atom. The van der Waals surface area contributed by atoms with E-state index in [9.17, 15) is 17.6 Å².